The zero-order valence-corrected chi connectivity index (χ0v) is 16.2. The molecule has 3 aromatic rings. The summed E-state index contributed by atoms with van der Waals surface area (Å²) < 4.78 is 7.29. The van der Waals surface area contributed by atoms with Gasteiger partial charge < -0.3 is 9.30 Å². The van der Waals surface area contributed by atoms with E-state index >= 15 is 0 Å². The molecule has 0 aliphatic heterocycles. The van der Waals surface area contributed by atoms with Crippen molar-refractivity contribution in [2.24, 2.45) is 0 Å². The summed E-state index contributed by atoms with van der Waals surface area (Å²) >= 11 is 14.1. The van der Waals surface area contributed by atoms with Gasteiger partial charge in [0.15, 0.2) is 11.0 Å². The second-order valence-corrected chi connectivity index (χ2v) is 7.02. The topological polar surface area (TPSA) is 39.9 Å². The van der Waals surface area contributed by atoms with Gasteiger partial charge in [-0.1, -0.05) is 41.0 Å². The van der Waals surface area contributed by atoms with Crippen LogP contribution in [0.4, 0.5) is 0 Å². The summed E-state index contributed by atoms with van der Waals surface area (Å²) in [6.45, 7) is 2.84. The Hall–Kier alpha value is -1.69. The van der Waals surface area contributed by atoms with Gasteiger partial charge in [0.2, 0.25) is 0 Å². The highest BCUT2D eigenvalue weighted by Gasteiger charge is 2.15. The Morgan fingerprint density at radius 2 is 1.72 bits per heavy atom. The minimum absolute atomic E-state index is 0.638. The monoisotopic (exact) mass is 393 g/mol. The second kappa shape index (κ2) is 8.13. The first-order valence-electron chi connectivity index (χ1n) is 7.77. The zero-order valence-electron chi connectivity index (χ0n) is 13.9. The van der Waals surface area contributed by atoms with Crippen LogP contribution < -0.4 is 4.74 Å². The highest BCUT2D eigenvalue weighted by molar-refractivity contribution is 7.98. The summed E-state index contributed by atoms with van der Waals surface area (Å²) in [6, 6.07) is 13.3. The van der Waals surface area contributed by atoms with Crippen LogP contribution in [0.2, 0.25) is 10.0 Å². The third-order valence-corrected chi connectivity index (χ3v) is 5.49. The van der Waals surface area contributed by atoms with Gasteiger partial charge in [-0.25, -0.2) is 0 Å². The maximum Gasteiger partial charge on any atom is 0.191 e. The lowest BCUT2D eigenvalue weighted by Gasteiger charge is -2.09. The molecule has 1 aromatic heterocycles. The smallest absolute Gasteiger partial charge is 0.191 e. The number of hydrogen-bond acceptors (Lipinski definition) is 4. The number of halogens is 2. The molecule has 130 valence electrons. The molecule has 0 atom stereocenters. The summed E-state index contributed by atoms with van der Waals surface area (Å²) in [5, 5.41) is 10.9. The van der Waals surface area contributed by atoms with Crippen molar-refractivity contribution in [3.8, 4) is 17.1 Å². The third-order valence-electron chi connectivity index (χ3n) is 3.79. The van der Waals surface area contributed by atoms with Gasteiger partial charge in [0, 0.05) is 27.9 Å². The van der Waals surface area contributed by atoms with Crippen LogP contribution in [0.1, 0.15) is 12.5 Å². The summed E-state index contributed by atoms with van der Waals surface area (Å²) in [7, 11) is 1.65. The van der Waals surface area contributed by atoms with Crippen LogP contribution in [-0.4, -0.2) is 21.9 Å². The van der Waals surface area contributed by atoms with Crippen molar-refractivity contribution in [3.05, 3.63) is 58.1 Å². The Labute approximate surface area is 161 Å². The molecule has 25 heavy (non-hydrogen) atoms. The van der Waals surface area contributed by atoms with Gasteiger partial charge in [-0.2, -0.15) is 0 Å². The fourth-order valence-corrected chi connectivity index (χ4v) is 4.19. The van der Waals surface area contributed by atoms with Gasteiger partial charge >= 0.3 is 0 Å². The quantitative estimate of drug-likeness (QED) is 0.513. The molecular formula is C18H17Cl2N3OS. The molecule has 0 bridgehead atoms. The number of methoxy groups -OCH3 is 1. The second-order valence-electron chi connectivity index (χ2n) is 5.27. The van der Waals surface area contributed by atoms with E-state index in [2.05, 4.69) is 21.7 Å². The number of aromatic nitrogens is 3. The molecule has 0 amide bonds. The standard InChI is InChI=1S/C18H17Cl2N3OS/c1-3-23-17(12-7-9-13(24-2)10-8-12)21-22-18(23)25-11-14-15(19)5-4-6-16(14)20/h4-10H,3,11H2,1-2H3. The summed E-state index contributed by atoms with van der Waals surface area (Å²) in [5.41, 5.74) is 1.91. The van der Waals surface area contributed by atoms with Crippen molar-refractivity contribution >= 4 is 35.0 Å². The van der Waals surface area contributed by atoms with Crippen LogP contribution >= 0.6 is 35.0 Å². The molecule has 0 fully saturated rings. The van der Waals surface area contributed by atoms with Crippen LogP contribution in [0, 0.1) is 0 Å². The SMILES string of the molecule is CCn1c(SCc2c(Cl)cccc2Cl)nnc1-c1ccc(OC)cc1. The maximum absolute atomic E-state index is 6.25. The minimum atomic E-state index is 0.638. The molecule has 0 aliphatic carbocycles. The molecule has 1 heterocycles. The summed E-state index contributed by atoms with van der Waals surface area (Å²) in [4.78, 5) is 0. The highest BCUT2D eigenvalue weighted by Crippen LogP contribution is 2.32. The van der Waals surface area contributed by atoms with Crippen LogP contribution in [0.3, 0.4) is 0 Å². The normalized spacial score (nSPS) is 10.9. The fourth-order valence-electron chi connectivity index (χ4n) is 2.44. The van der Waals surface area contributed by atoms with E-state index < -0.39 is 0 Å². The van der Waals surface area contributed by atoms with E-state index in [9.17, 15) is 0 Å². The predicted octanol–water partition coefficient (Wildman–Crippen LogP) is 5.57. The Bertz CT molecular complexity index is 845. The van der Waals surface area contributed by atoms with Gasteiger partial charge in [0.1, 0.15) is 5.75 Å². The first-order chi connectivity index (χ1) is 12.1. The largest absolute Gasteiger partial charge is 0.497 e. The van der Waals surface area contributed by atoms with Crippen molar-refractivity contribution in [1.29, 1.82) is 0 Å². The lowest BCUT2D eigenvalue weighted by atomic mass is 10.2. The molecule has 2 aromatic carbocycles. The van der Waals surface area contributed by atoms with E-state index in [1.807, 2.05) is 42.5 Å². The van der Waals surface area contributed by atoms with E-state index in [1.165, 1.54) is 0 Å². The molecule has 0 unspecified atom stereocenters. The summed E-state index contributed by atoms with van der Waals surface area (Å²) in [5.74, 6) is 2.28. The number of ether oxygens (including phenoxy) is 1. The molecule has 0 spiro atoms. The lowest BCUT2D eigenvalue weighted by molar-refractivity contribution is 0.415. The molecule has 3 rings (SSSR count). The average molecular weight is 394 g/mol. The minimum Gasteiger partial charge on any atom is -0.497 e. The molecule has 0 saturated carbocycles. The predicted molar refractivity (Wildman–Crippen MR) is 104 cm³/mol. The number of benzene rings is 2. The average Bonchev–Trinajstić information content (AvgIpc) is 3.04. The molecule has 4 nitrogen and oxygen atoms in total. The van der Waals surface area contributed by atoms with E-state index in [0.717, 1.165) is 34.4 Å². The van der Waals surface area contributed by atoms with Gasteiger partial charge in [-0.3, -0.25) is 0 Å². The number of thioether (sulfide) groups is 1. The van der Waals surface area contributed by atoms with Crippen molar-refractivity contribution in [2.45, 2.75) is 24.4 Å². The molecular weight excluding hydrogens is 377 g/mol. The molecule has 0 radical (unpaired) electrons. The Morgan fingerprint density at radius 1 is 1.04 bits per heavy atom. The van der Waals surface area contributed by atoms with Crippen molar-refractivity contribution in [3.63, 3.8) is 0 Å². The fraction of sp³-hybridized carbons (Fsp3) is 0.222. The van der Waals surface area contributed by atoms with Gasteiger partial charge in [-0.15, -0.1) is 10.2 Å². The first kappa shape index (κ1) is 18.1. The Kier molecular flexibility index (Phi) is 5.89. The third kappa shape index (κ3) is 3.94. The van der Waals surface area contributed by atoms with Gasteiger partial charge in [-0.05, 0) is 48.9 Å². The first-order valence-corrected chi connectivity index (χ1v) is 9.51. The summed E-state index contributed by atoms with van der Waals surface area (Å²) in [6.07, 6.45) is 0. The Morgan fingerprint density at radius 3 is 2.32 bits per heavy atom. The van der Waals surface area contributed by atoms with Crippen LogP contribution in [0.15, 0.2) is 47.6 Å². The lowest BCUT2D eigenvalue weighted by Crippen LogP contribution is -2.00. The van der Waals surface area contributed by atoms with E-state index in [0.29, 0.717) is 15.8 Å². The molecule has 7 heteroatoms. The molecule has 0 aliphatic rings. The van der Waals surface area contributed by atoms with Crippen molar-refractivity contribution < 1.29 is 4.74 Å². The van der Waals surface area contributed by atoms with Crippen LogP contribution in [0.25, 0.3) is 11.4 Å². The molecule has 0 N–H and O–H groups in total. The van der Waals surface area contributed by atoms with Crippen molar-refractivity contribution in [2.75, 3.05) is 7.11 Å². The Balaban J connectivity index is 1.84. The highest BCUT2D eigenvalue weighted by atomic mass is 35.5. The van der Waals surface area contributed by atoms with Crippen molar-refractivity contribution in [1.82, 2.24) is 14.8 Å². The number of rotatable bonds is 6. The van der Waals surface area contributed by atoms with E-state index in [-0.39, 0.29) is 0 Å². The van der Waals surface area contributed by atoms with Gasteiger partial charge in [0.25, 0.3) is 0 Å². The van der Waals surface area contributed by atoms with Crippen LogP contribution in [0.5, 0.6) is 5.75 Å². The zero-order chi connectivity index (χ0) is 17.8. The van der Waals surface area contributed by atoms with Gasteiger partial charge in [0.05, 0.1) is 7.11 Å². The van der Waals surface area contributed by atoms with Crippen LogP contribution in [-0.2, 0) is 12.3 Å². The van der Waals surface area contributed by atoms with E-state index in [4.69, 9.17) is 27.9 Å². The molecule has 0 saturated heterocycles. The number of nitrogens with zero attached hydrogens (tertiary/aromatic N) is 3. The number of hydrogen-bond donors (Lipinski definition) is 0. The van der Waals surface area contributed by atoms with E-state index in [1.54, 1.807) is 18.9 Å². The maximum atomic E-state index is 6.25.